The van der Waals surface area contributed by atoms with E-state index in [4.69, 9.17) is 9.47 Å². The van der Waals surface area contributed by atoms with Gasteiger partial charge in [-0.1, -0.05) is 6.07 Å². The molecule has 2 aliphatic heterocycles. The first kappa shape index (κ1) is 21.7. The number of hydrogen-bond acceptors (Lipinski definition) is 5. The third-order valence-corrected chi connectivity index (χ3v) is 5.99. The molecule has 4 amide bonds. The average Bonchev–Trinajstić information content (AvgIpc) is 3.52. The monoisotopic (exact) mass is 466 g/mol. The maximum absolute atomic E-state index is 13.5. The lowest BCUT2D eigenvalue weighted by Gasteiger charge is -2.13. The summed E-state index contributed by atoms with van der Waals surface area (Å²) >= 11 is 0. The Hall–Kier alpha value is -4.08. The fourth-order valence-electron chi connectivity index (χ4n) is 4.20. The van der Waals surface area contributed by atoms with E-state index in [1.165, 1.54) is 12.1 Å². The number of H-pyrrole nitrogens is 1. The minimum atomic E-state index is -0.746. The van der Waals surface area contributed by atoms with Crippen LogP contribution in [0.5, 0.6) is 11.5 Å². The van der Waals surface area contributed by atoms with Crippen molar-refractivity contribution in [2.75, 3.05) is 13.3 Å². The molecule has 5 rings (SSSR count). The zero-order chi connectivity index (χ0) is 23.7. The molecule has 176 valence electrons. The molecule has 9 nitrogen and oxygen atoms in total. The van der Waals surface area contributed by atoms with Gasteiger partial charge in [0.2, 0.25) is 12.7 Å². The van der Waals surface area contributed by atoms with Crippen molar-refractivity contribution in [2.45, 2.75) is 31.8 Å². The van der Waals surface area contributed by atoms with Gasteiger partial charge in [-0.05, 0) is 54.3 Å². The highest BCUT2D eigenvalue weighted by atomic mass is 19.1. The Bertz CT molecular complexity index is 1270. The second kappa shape index (κ2) is 9.05. The molecular formula is C24H23FN4O5. The van der Waals surface area contributed by atoms with Gasteiger partial charge in [0.1, 0.15) is 11.9 Å². The van der Waals surface area contributed by atoms with Gasteiger partial charge in [0.25, 0.3) is 5.91 Å². The minimum absolute atomic E-state index is 0.0943. The molecule has 3 N–H and O–H groups in total. The molecule has 0 spiro atoms. The van der Waals surface area contributed by atoms with Crippen molar-refractivity contribution in [3.63, 3.8) is 0 Å². The highest BCUT2D eigenvalue weighted by Crippen LogP contribution is 2.33. The third-order valence-electron chi connectivity index (χ3n) is 5.99. The summed E-state index contributed by atoms with van der Waals surface area (Å²) in [6, 6.07) is 8.56. The van der Waals surface area contributed by atoms with Crippen molar-refractivity contribution in [1.82, 2.24) is 20.5 Å². The maximum Gasteiger partial charge on any atom is 0.325 e. The molecule has 2 aromatic carbocycles. The molecule has 10 heteroatoms. The van der Waals surface area contributed by atoms with Crippen molar-refractivity contribution in [3.8, 4) is 11.5 Å². The fraction of sp³-hybridized carbons (Fsp3) is 0.292. The maximum atomic E-state index is 13.5. The predicted molar refractivity (Wildman–Crippen MR) is 120 cm³/mol. The minimum Gasteiger partial charge on any atom is -0.454 e. The van der Waals surface area contributed by atoms with E-state index in [1.807, 2.05) is 0 Å². The number of aromatic amines is 1. The number of benzene rings is 2. The van der Waals surface area contributed by atoms with Gasteiger partial charge in [-0.2, -0.15) is 0 Å². The molecule has 3 heterocycles. The average molecular weight is 466 g/mol. The first-order valence-electron chi connectivity index (χ1n) is 11.0. The number of rotatable bonds is 8. The van der Waals surface area contributed by atoms with Crippen LogP contribution in [0.25, 0.3) is 10.9 Å². The molecular weight excluding hydrogens is 443 g/mol. The van der Waals surface area contributed by atoms with Crippen LogP contribution in [0.4, 0.5) is 9.18 Å². The molecule has 1 atom stereocenters. The summed E-state index contributed by atoms with van der Waals surface area (Å²) in [6.45, 7) is 0.630. The topological polar surface area (TPSA) is 113 Å². The van der Waals surface area contributed by atoms with E-state index in [2.05, 4.69) is 15.6 Å². The second-order valence-corrected chi connectivity index (χ2v) is 8.26. The molecule has 1 aromatic heterocycles. The van der Waals surface area contributed by atoms with Gasteiger partial charge in [0.05, 0.1) is 6.54 Å². The van der Waals surface area contributed by atoms with Crippen molar-refractivity contribution >= 4 is 28.7 Å². The van der Waals surface area contributed by atoms with Crippen LogP contribution in [0, 0.1) is 5.82 Å². The zero-order valence-electron chi connectivity index (χ0n) is 18.2. The summed E-state index contributed by atoms with van der Waals surface area (Å²) in [5.41, 5.74) is 2.49. The quantitative estimate of drug-likeness (QED) is 0.442. The summed E-state index contributed by atoms with van der Waals surface area (Å²) in [5, 5.41) is 6.25. The molecule has 0 aliphatic carbocycles. The number of hydrogen-bond donors (Lipinski definition) is 3. The Morgan fingerprint density at radius 3 is 2.88 bits per heavy atom. The number of aromatic nitrogens is 1. The van der Waals surface area contributed by atoms with E-state index in [0.29, 0.717) is 24.5 Å². The largest absolute Gasteiger partial charge is 0.454 e. The third kappa shape index (κ3) is 4.39. The number of nitrogens with one attached hydrogen (secondary N) is 3. The highest BCUT2D eigenvalue weighted by molar-refractivity contribution is 6.04. The number of ether oxygens (including phenoxy) is 2. The van der Waals surface area contributed by atoms with Crippen LogP contribution in [0.3, 0.4) is 0 Å². The van der Waals surface area contributed by atoms with Gasteiger partial charge in [0, 0.05) is 30.1 Å². The molecule has 2 aliphatic rings. The van der Waals surface area contributed by atoms with Crippen molar-refractivity contribution in [3.05, 3.63) is 59.5 Å². The standard InChI is InChI=1S/C24H23FN4O5/c25-16-2-3-18-17(10-16)15(11-27-18)7-8-26-22(30)6-4-19-23(31)29(24(32)28-19)12-14-1-5-20-21(9-14)34-13-33-20/h1-3,5,9-11,19,27H,4,6-8,12-13H2,(H,26,30)(H,28,32)/t19-/m0/s1. The van der Waals surface area contributed by atoms with E-state index in [9.17, 15) is 18.8 Å². The van der Waals surface area contributed by atoms with Crippen molar-refractivity contribution < 1.29 is 28.2 Å². The number of fused-ring (bicyclic) bond motifs is 2. The fourth-order valence-corrected chi connectivity index (χ4v) is 4.20. The lowest BCUT2D eigenvalue weighted by atomic mass is 10.1. The summed E-state index contributed by atoms with van der Waals surface area (Å²) in [4.78, 5) is 41.5. The smallest absolute Gasteiger partial charge is 0.325 e. The summed E-state index contributed by atoms with van der Waals surface area (Å²) in [7, 11) is 0. The van der Waals surface area contributed by atoms with Gasteiger partial charge in [-0.3, -0.25) is 14.5 Å². The van der Waals surface area contributed by atoms with E-state index < -0.39 is 12.1 Å². The van der Waals surface area contributed by atoms with E-state index >= 15 is 0 Å². The zero-order valence-corrected chi connectivity index (χ0v) is 18.2. The number of carbonyl (C=O) groups is 3. The van der Waals surface area contributed by atoms with Crippen LogP contribution in [0.1, 0.15) is 24.0 Å². The van der Waals surface area contributed by atoms with Crippen LogP contribution >= 0.6 is 0 Å². The Morgan fingerprint density at radius 1 is 1.15 bits per heavy atom. The van der Waals surface area contributed by atoms with E-state index in [1.54, 1.807) is 30.5 Å². The van der Waals surface area contributed by atoms with Crippen LogP contribution in [0.2, 0.25) is 0 Å². The molecule has 0 bridgehead atoms. The number of amides is 4. The highest BCUT2D eigenvalue weighted by Gasteiger charge is 2.38. The number of imide groups is 1. The first-order valence-corrected chi connectivity index (χ1v) is 11.0. The normalized spacial score (nSPS) is 16.9. The van der Waals surface area contributed by atoms with Crippen LogP contribution < -0.4 is 20.1 Å². The van der Waals surface area contributed by atoms with Crippen LogP contribution in [-0.4, -0.2) is 47.1 Å². The molecule has 1 fully saturated rings. The molecule has 0 unspecified atom stereocenters. The Morgan fingerprint density at radius 2 is 2.00 bits per heavy atom. The van der Waals surface area contributed by atoms with Gasteiger partial charge in [0.15, 0.2) is 11.5 Å². The van der Waals surface area contributed by atoms with Gasteiger partial charge in [-0.15, -0.1) is 0 Å². The molecule has 0 saturated carbocycles. The van der Waals surface area contributed by atoms with Crippen LogP contribution in [-0.2, 0) is 22.6 Å². The number of halogens is 1. The van der Waals surface area contributed by atoms with Gasteiger partial charge >= 0.3 is 6.03 Å². The Labute approximate surface area is 194 Å². The van der Waals surface area contributed by atoms with Crippen LogP contribution in [0.15, 0.2) is 42.6 Å². The lowest BCUT2D eigenvalue weighted by Crippen LogP contribution is -2.33. The Kier molecular flexibility index (Phi) is 5.79. The predicted octanol–water partition coefficient (Wildman–Crippen LogP) is 2.60. The number of carbonyl (C=O) groups excluding carboxylic acids is 3. The summed E-state index contributed by atoms with van der Waals surface area (Å²) in [5.74, 6) is 0.309. The summed E-state index contributed by atoms with van der Waals surface area (Å²) in [6.07, 6.45) is 2.64. The molecule has 34 heavy (non-hydrogen) atoms. The second-order valence-electron chi connectivity index (χ2n) is 8.26. The van der Waals surface area contributed by atoms with E-state index in [-0.39, 0.29) is 43.8 Å². The SMILES string of the molecule is O=C(CC[C@@H]1NC(=O)N(Cc2ccc3c(c2)OCO3)C1=O)NCCc1c[nH]c2ccc(F)cc12. The lowest BCUT2D eigenvalue weighted by molar-refractivity contribution is -0.128. The Balaban J connectivity index is 1.09. The molecule has 0 radical (unpaired) electrons. The number of urea groups is 1. The van der Waals surface area contributed by atoms with Crippen molar-refractivity contribution in [1.29, 1.82) is 0 Å². The van der Waals surface area contributed by atoms with Gasteiger partial charge in [-0.25, -0.2) is 9.18 Å². The first-order chi connectivity index (χ1) is 16.5. The molecule has 1 saturated heterocycles. The number of nitrogens with zero attached hydrogens (tertiary/aromatic N) is 1. The summed E-state index contributed by atoms with van der Waals surface area (Å²) < 4.78 is 24.1. The van der Waals surface area contributed by atoms with Gasteiger partial charge < -0.3 is 25.1 Å². The van der Waals surface area contributed by atoms with E-state index in [0.717, 1.165) is 26.9 Å². The van der Waals surface area contributed by atoms with Crippen molar-refractivity contribution in [2.24, 2.45) is 0 Å². The molecule has 3 aromatic rings.